The van der Waals surface area contributed by atoms with E-state index in [-0.39, 0.29) is 29.5 Å². The topological polar surface area (TPSA) is 46.5 Å². The van der Waals surface area contributed by atoms with E-state index < -0.39 is 12.2 Å². The van der Waals surface area contributed by atoms with Gasteiger partial charge in [-0.05, 0) is 71.7 Å². The Morgan fingerprint density at radius 2 is 1.94 bits per heavy atom. The van der Waals surface area contributed by atoms with Crippen molar-refractivity contribution in [3.8, 4) is 0 Å². The molecule has 5 rings (SSSR count). The number of aliphatic hydroxyl groups is 1. The fourth-order valence-corrected chi connectivity index (χ4v) is 6.22. The molecule has 1 heterocycles. The van der Waals surface area contributed by atoms with Crippen molar-refractivity contribution < 1.29 is 19.0 Å². The number of hydrogen-bond donors (Lipinski definition) is 1. The van der Waals surface area contributed by atoms with Gasteiger partial charge in [-0.25, -0.2) is 4.39 Å². The standard InChI is InChI=1S/C31H33FO3/c1-19(2)31-17-23(14-21-7-5-4-6-8-21)26(18-31)30(22-9-12-28(32)20(3)13-22)27(31)11-10-25-15-24(33)16-29(34)35-25/h4-14,19,24-26,33H,15-18H2,1-3H3/t24-,25-,26?,31?/m1/s1. The Kier molecular flexibility index (Phi) is 6.27. The third-order valence-electron chi connectivity index (χ3n) is 8.10. The van der Waals surface area contributed by atoms with Crippen LogP contribution < -0.4 is 0 Å². The quantitative estimate of drug-likeness (QED) is 0.495. The zero-order valence-corrected chi connectivity index (χ0v) is 20.6. The van der Waals surface area contributed by atoms with Crippen molar-refractivity contribution in [2.75, 3.05) is 0 Å². The minimum absolute atomic E-state index is 0.0449. The van der Waals surface area contributed by atoms with Gasteiger partial charge in [0.05, 0.1) is 12.5 Å². The fraction of sp³-hybridized carbons (Fsp3) is 0.387. The van der Waals surface area contributed by atoms with Gasteiger partial charge < -0.3 is 9.84 Å². The number of fused-ring (bicyclic) bond motifs is 2. The molecular weight excluding hydrogens is 439 g/mol. The van der Waals surface area contributed by atoms with Gasteiger partial charge in [-0.15, -0.1) is 0 Å². The highest BCUT2D eigenvalue weighted by atomic mass is 19.1. The Morgan fingerprint density at radius 1 is 1.17 bits per heavy atom. The van der Waals surface area contributed by atoms with Crippen LogP contribution in [0.5, 0.6) is 0 Å². The largest absolute Gasteiger partial charge is 0.458 e. The molecule has 3 nitrogen and oxygen atoms in total. The molecule has 0 aromatic heterocycles. The van der Waals surface area contributed by atoms with Crippen LogP contribution in [-0.4, -0.2) is 23.3 Å². The Bertz CT molecular complexity index is 1220. The van der Waals surface area contributed by atoms with E-state index in [1.165, 1.54) is 22.3 Å². The molecule has 0 amide bonds. The molecule has 2 aromatic rings. The minimum atomic E-state index is -0.668. The van der Waals surface area contributed by atoms with Crippen molar-refractivity contribution in [2.24, 2.45) is 17.3 Å². The van der Waals surface area contributed by atoms with Crippen LogP contribution in [0.4, 0.5) is 4.39 Å². The Morgan fingerprint density at radius 3 is 2.63 bits per heavy atom. The number of benzene rings is 2. The second-order valence-electron chi connectivity index (χ2n) is 10.6. The van der Waals surface area contributed by atoms with Crippen molar-refractivity contribution in [2.45, 2.75) is 58.7 Å². The van der Waals surface area contributed by atoms with Gasteiger partial charge in [0, 0.05) is 17.8 Å². The maximum absolute atomic E-state index is 14.2. The molecule has 2 aliphatic carbocycles. The lowest BCUT2D eigenvalue weighted by molar-refractivity contribution is -0.156. The summed E-state index contributed by atoms with van der Waals surface area (Å²) in [6.45, 7) is 6.36. The SMILES string of the molecule is Cc1cc(C2=C(C=C[C@@H]3C[C@@H](O)CC(=O)O3)C3(C(C)C)CC(=Cc4ccccc4)C2C3)ccc1F. The average molecular weight is 473 g/mol. The van der Waals surface area contributed by atoms with E-state index in [4.69, 9.17) is 4.74 Å². The van der Waals surface area contributed by atoms with Gasteiger partial charge in [0.1, 0.15) is 11.9 Å². The van der Waals surface area contributed by atoms with E-state index in [1.54, 1.807) is 6.07 Å². The molecule has 2 bridgehead atoms. The van der Waals surface area contributed by atoms with Crippen LogP contribution in [0.1, 0.15) is 56.2 Å². The first-order chi connectivity index (χ1) is 16.8. The molecular formula is C31H33FO3. The maximum Gasteiger partial charge on any atom is 0.309 e. The molecule has 1 saturated carbocycles. The first kappa shape index (κ1) is 23.7. The van der Waals surface area contributed by atoms with Crippen LogP contribution in [0.25, 0.3) is 11.6 Å². The van der Waals surface area contributed by atoms with Crippen molar-refractivity contribution in [1.29, 1.82) is 0 Å². The molecule has 1 saturated heterocycles. The minimum Gasteiger partial charge on any atom is -0.458 e. The predicted octanol–water partition coefficient (Wildman–Crippen LogP) is 6.66. The van der Waals surface area contributed by atoms with Gasteiger partial charge in [-0.3, -0.25) is 4.79 Å². The summed E-state index contributed by atoms with van der Waals surface area (Å²) in [5.41, 5.74) is 6.76. The number of carbonyl (C=O) groups is 1. The zero-order chi connectivity index (χ0) is 24.7. The summed E-state index contributed by atoms with van der Waals surface area (Å²) in [5, 5.41) is 10.1. The van der Waals surface area contributed by atoms with E-state index in [0.717, 1.165) is 18.4 Å². The highest BCUT2D eigenvalue weighted by Gasteiger charge is 2.54. The number of halogens is 1. The summed E-state index contributed by atoms with van der Waals surface area (Å²) >= 11 is 0. The van der Waals surface area contributed by atoms with E-state index in [1.807, 2.05) is 31.2 Å². The molecule has 2 aromatic carbocycles. The molecule has 2 unspecified atom stereocenters. The highest BCUT2D eigenvalue weighted by Crippen LogP contribution is 2.66. The molecule has 4 atom stereocenters. The van der Waals surface area contributed by atoms with Crippen LogP contribution in [0.2, 0.25) is 0 Å². The van der Waals surface area contributed by atoms with E-state index in [0.29, 0.717) is 17.9 Å². The molecule has 0 radical (unpaired) electrons. The third kappa shape index (κ3) is 4.40. The highest BCUT2D eigenvalue weighted by molar-refractivity contribution is 5.83. The number of carbonyl (C=O) groups excluding carboxylic acids is 1. The van der Waals surface area contributed by atoms with Gasteiger partial charge in [0.2, 0.25) is 0 Å². The average Bonchev–Trinajstić information content (AvgIpc) is 3.34. The first-order valence-electron chi connectivity index (χ1n) is 12.6. The molecule has 1 aliphatic heterocycles. The lowest BCUT2D eigenvalue weighted by Gasteiger charge is -2.35. The van der Waals surface area contributed by atoms with Gasteiger partial charge >= 0.3 is 5.97 Å². The summed E-state index contributed by atoms with van der Waals surface area (Å²) in [7, 11) is 0. The van der Waals surface area contributed by atoms with Crippen molar-refractivity contribution in [3.05, 3.63) is 94.3 Å². The molecule has 182 valence electrons. The van der Waals surface area contributed by atoms with Gasteiger partial charge in [0.25, 0.3) is 0 Å². The van der Waals surface area contributed by atoms with Gasteiger partial charge in [0.15, 0.2) is 0 Å². The van der Waals surface area contributed by atoms with Crippen LogP contribution in [0.3, 0.4) is 0 Å². The molecule has 2 fully saturated rings. The number of ether oxygens (including phenoxy) is 1. The second kappa shape index (κ2) is 9.23. The summed E-state index contributed by atoms with van der Waals surface area (Å²) in [6, 6.07) is 15.8. The van der Waals surface area contributed by atoms with Crippen molar-refractivity contribution in [1.82, 2.24) is 0 Å². The second-order valence-corrected chi connectivity index (χ2v) is 10.6. The van der Waals surface area contributed by atoms with Gasteiger partial charge in [-0.2, -0.15) is 0 Å². The molecule has 1 N–H and O–H groups in total. The molecule has 4 heteroatoms. The van der Waals surface area contributed by atoms with Crippen LogP contribution in [-0.2, 0) is 9.53 Å². The molecule has 3 aliphatic rings. The van der Waals surface area contributed by atoms with Crippen molar-refractivity contribution in [3.63, 3.8) is 0 Å². The van der Waals surface area contributed by atoms with Crippen LogP contribution in [0.15, 0.2) is 71.8 Å². The van der Waals surface area contributed by atoms with Crippen LogP contribution in [0, 0.1) is 30.0 Å². The summed E-state index contributed by atoms with van der Waals surface area (Å²) in [5.74, 6) is 0.0872. The smallest absolute Gasteiger partial charge is 0.309 e. The lowest BCUT2D eigenvalue weighted by Crippen LogP contribution is -2.31. The Labute approximate surface area is 207 Å². The zero-order valence-electron chi connectivity index (χ0n) is 20.6. The number of hydrogen-bond acceptors (Lipinski definition) is 3. The van der Waals surface area contributed by atoms with E-state index in [2.05, 4.69) is 50.3 Å². The maximum atomic E-state index is 14.2. The third-order valence-corrected chi connectivity index (χ3v) is 8.10. The molecule has 0 spiro atoms. The summed E-state index contributed by atoms with van der Waals surface area (Å²) in [6.07, 6.45) is 7.75. The Hall–Kier alpha value is -2.98. The summed E-state index contributed by atoms with van der Waals surface area (Å²) in [4.78, 5) is 11.9. The number of esters is 1. The summed E-state index contributed by atoms with van der Waals surface area (Å²) < 4.78 is 19.7. The van der Waals surface area contributed by atoms with Gasteiger partial charge in [-0.1, -0.05) is 68.0 Å². The normalized spacial score (nSPS) is 29.6. The van der Waals surface area contributed by atoms with Crippen LogP contribution >= 0.6 is 0 Å². The fourth-order valence-electron chi connectivity index (χ4n) is 6.22. The van der Waals surface area contributed by atoms with E-state index in [9.17, 15) is 14.3 Å². The number of aryl methyl sites for hydroxylation is 1. The molecule has 35 heavy (non-hydrogen) atoms. The lowest BCUT2D eigenvalue weighted by atomic mass is 9.69. The Balaban J connectivity index is 1.63. The first-order valence-corrected chi connectivity index (χ1v) is 12.6. The number of aliphatic hydroxyl groups excluding tert-OH is 1. The monoisotopic (exact) mass is 472 g/mol. The number of allylic oxidation sites excluding steroid dienone is 4. The van der Waals surface area contributed by atoms with Crippen molar-refractivity contribution >= 4 is 17.6 Å². The van der Waals surface area contributed by atoms with E-state index >= 15 is 0 Å². The number of cyclic esters (lactones) is 1. The predicted molar refractivity (Wildman–Crippen MR) is 137 cm³/mol. The number of rotatable bonds is 5.